The summed E-state index contributed by atoms with van der Waals surface area (Å²) in [5.41, 5.74) is 8.74. The van der Waals surface area contributed by atoms with E-state index in [1.54, 1.807) is 19.4 Å². The lowest BCUT2D eigenvalue weighted by Crippen LogP contribution is -1.97. The Labute approximate surface area is 81.7 Å². The Morgan fingerprint density at radius 1 is 1.36 bits per heavy atom. The molecule has 4 nitrogen and oxygen atoms in total. The summed E-state index contributed by atoms with van der Waals surface area (Å²) in [4.78, 5) is 8.54. The Morgan fingerprint density at radius 3 is 2.86 bits per heavy atom. The van der Waals surface area contributed by atoms with E-state index in [1.807, 2.05) is 13.0 Å². The number of nitrogens with two attached hydrogens (primary N) is 1. The minimum absolute atomic E-state index is 0.543. The number of methoxy groups -OCH3 is 1. The summed E-state index contributed by atoms with van der Waals surface area (Å²) in [5.74, 6) is 0.636. The number of aromatic nitrogens is 2. The number of nitrogen functional groups attached to an aromatic ring is 1. The van der Waals surface area contributed by atoms with Crippen molar-refractivity contribution < 1.29 is 4.74 Å². The van der Waals surface area contributed by atoms with Crippen LogP contribution in [0.1, 0.15) is 5.69 Å². The molecule has 0 spiro atoms. The normalized spacial score (nSPS) is 10.4. The molecule has 0 fully saturated rings. The van der Waals surface area contributed by atoms with Gasteiger partial charge in [-0.05, 0) is 19.1 Å². The van der Waals surface area contributed by atoms with Crippen molar-refractivity contribution in [2.24, 2.45) is 0 Å². The molecule has 2 aromatic rings. The zero-order valence-corrected chi connectivity index (χ0v) is 8.11. The van der Waals surface area contributed by atoms with Gasteiger partial charge in [0.1, 0.15) is 17.0 Å². The van der Waals surface area contributed by atoms with Crippen molar-refractivity contribution in [3.8, 4) is 5.75 Å². The fourth-order valence-electron chi connectivity index (χ4n) is 1.35. The second-order valence-electron chi connectivity index (χ2n) is 3.06. The van der Waals surface area contributed by atoms with Crippen LogP contribution in [0.25, 0.3) is 11.0 Å². The molecule has 2 N–H and O–H groups in total. The van der Waals surface area contributed by atoms with Gasteiger partial charge in [0, 0.05) is 6.20 Å². The second-order valence-corrected chi connectivity index (χ2v) is 3.06. The maximum absolute atomic E-state index is 5.87. The van der Waals surface area contributed by atoms with E-state index in [0.29, 0.717) is 17.0 Å². The molecule has 0 radical (unpaired) electrons. The summed E-state index contributed by atoms with van der Waals surface area (Å²) in [7, 11) is 1.58. The molecule has 1 aromatic carbocycles. The number of nitrogens with zero attached hydrogens (tertiary/aromatic N) is 2. The van der Waals surface area contributed by atoms with Crippen LogP contribution in [0.4, 0.5) is 5.69 Å². The molecule has 0 saturated heterocycles. The topological polar surface area (TPSA) is 61.0 Å². The molecule has 1 aromatic heterocycles. The number of hydrogen-bond donors (Lipinski definition) is 1. The van der Waals surface area contributed by atoms with Gasteiger partial charge in [0.25, 0.3) is 0 Å². The van der Waals surface area contributed by atoms with Crippen LogP contribution in [0.15, 0.2) is 18.3 Å². The fourth-order valence-corrected chi connectivity index (χ4v) is 1.35. The molecule has 0 aliphatic rings. The van der Waals surface area contributed by atoms with Crippen LogP contribution in [0.2, 0.25) is 0 Å². The van der Waals surface area contributed by atoms with Gasteiger partial charge in [-0.1, -0.05) is 0 Å². The van der Waals surface area contributed by atoms with Crippen LogP contribution in [0.3, 0.4) is 0 Å². The molecule has 0 atom stereocenters. The van der Waals surface area contributed by atoms with Gasteiger partial charge in [0.15, 0.2) is 0 Å². The fraction of sp³-hybridized carbons (Fsp3) is 0.200. The third kappa shape index (κ3) is 1.25. The standard InChI is InChI=1S/C10H11N3O/c1-6-5-12-7-3-4-8(14-2)9(11)10(7)13-6/h3-5H,11H2,1-2H3. The molecule has 0 aliphatic heterocycles. The molecule has 0 saturated carbocycles. The van der Waals surface area contributed by atoms with Gasteiger partial charge >= 0.3 is 0 Å². The predicted octanol–water partition coefficient (Wildman–Crippen LogP) is 1.53. The first-order chi connectivity index (χ1) is 6.72. The molecule has 0 unspecified atom stereocenters. The number of rotatable bonds is 1. The van der Waals surface area contributed by atoms with Crippen molar-refractivity contribution in [2.45, 2.75) is 6.92 Å². The van der Waals surface area contributed by atoms with Gasteiger partial charge in [0.05, 0.1) is 18.3 Å². The van der Waals surface area contributed by atoms with E-state index in [4.69, 9.17) is 10.5 Å². The van der Waals surface area contributed by atoms with Crippen molar-refractivity contribution in [3.63, 3.8) is 0 Å². The van der Waals surface area contributed by atoms with Gasteiger partial charge in [-0.15, -0.1) is 0 Å². The number of ether oxygens (including phenoxy) is 1. The molecule has 2 rings (SSSR count). The number of benzene rings is 1. The van der Waals surface area contributed by atoms with Crippen LogP contribution in [0, 0.1) is 6.92 Å². The highest BCUT2D eigenvalue weighted by Crippen LogP contribution is 2.27. The number of hydrogen-bond acceptors (Lipinski definition) is 4. The van der Waals surface area contributed by atoms with E-state index < -0.39 is 0 Å². The van der Waals surface area contributed by atoms with E-state index in [2.05, 4.69) is 9.97 Å². The predicted molar refractivity (Wildman–Crippen MR) is 55.2 cm³/mol. The Kier molecular flexibility index (Phi) is 1.96. The van der Waals surface area contributed by atoms with Crippen molar-refractivity contribution in [2.75, 3.05) is 12.8 Å². The monoisotopic (exact) mass is 189 g/mol. The van der Waals surface area contributed by atoms with Crippen molar-refractivity contribution in [1.82, 2.24) is 9.97 Å². The van der Waals surface area contributed by atoms with Gasteiger partial charge in [0.2, 0.25) is 0 Å². The van der Waals surface area contributed by atoms with Crippen LogP contribution >= 0.6 is 0 Å². The largest absolute Gasteiger partial charge is 0.495 e. The Bertz CT molecular complexity index is 482. The van der Waals surface area contributed by atoms with Gasteiger partial charge in [-0.25, -0.2) is 4.98 Å². The number of anilines is 1. The Morgan fingerprint density at radius 2 is 2.14 bits per heavy atom. The summed E-state index contributed by atoms with van der Waals surface area (Å²) in [5, 5.41) is 0. The van der Waals surface area contributed by atoms with E-state index in [0.717, 1.165) is 11.2 Å². The average molecular weight is 189 g/mol. The zero-order chi connectivity index (χ0) is 10.1. The molecule has 0 aliphatic carbocycles. The van der Waals surface area contributed by atoms with Crippen molar-refractivity contribution in [3.05, 3.63) is 24.0 Å². The molecule has 72 valence electrons. The number of aryl methyl sites for hydroxylation is 1. The summed E-state index contributed by atoms with van der Waals surface area (Å²) in [6.07, 6.45) is 1.72. The third-order valence-electron chi connectivity index (χ3n) is 2.05. The first-order valence-corrected chi connectivity index (χ1v) is 4.28. The lowest BCUT2D eigenvalue weighted by atomic mass is 10.2. The summed E-state index contributed by atoms with van der Waals surface area (Å²) >= 11 is 0. The highest BCUT2D eigenvalue weighted by atomic mass is 16.5. The van der Waals surface area contributed by atoms with E-state index in [9.17, 15) is 0 Å². The maximum atomic E-state index is 5.87. The lowest BCUT2D eigenvalue weighted by molar-refractivity contribution is 0.417. The Hall–Kier alpha value is -1.84. The van der Waals surface area contributed by atoms with E-state index in [-0.39, 0.29) is 0 Å². The summed E-state index contributed by atoms with van der Waals surface area (Å²) in [6.45, 7) is 1.88. The van der Waals surface area contributed by atoms with Gasteiger partial charge in [-0.2, -0.15) is 0 Å². The quantitative estimate of drug-likeness (QED) is 0.691. The molecule has 0 amide bonds. The minimum atomic E-state index is 0.543. The smallest absolute Gasteiger partial charge is 0.144 e. The maximum Gasteiger partial charge on any atom is 0.144 e. The summed E-state index contributed by atoms with van der Waals surface area (Å²) < 4.78 is 5.10. The SMILES string of the molecule is COc1ccc2ncc(C)nc2c1N. The molecule has 4 heteroatoms. The molecule has 14 heavy (non-hydrogen) atoms. The molecular weight excluding hydrogens is 178 g/mol. The van der Waals surface area contributed by atoms with Crippen molar-refractivity contribution in [1.29, 1.82) is 0 Å². The zero-order valence-electron chi connectivity index (χ0n) is 8.11. The molecular formula is C10H11N3O. The first-order valence-electron chi connectivity index (χ1n) is 4.28. The molecule has 0 bridgehead atoms. The highest BCUT2D eigenvalue weighted by Gasteiger charge is 2.06. The van der Waals surface area contributed by atoms with Crippen LogP contribution in [-0.4, -0.2) is 17.1 Å². The first kappa shape index (κ1) is 8.74. The average Bonchev–Trinajstić information content (AvgIpc) is 2.20. The van der Waals surface area contributed by atoms with Gasteiger partial charge < -0.3 is 10.5 Å². The van der Waals surface area contributed by atoms with Crippen LogP contribution < -0.4 is 10.5 Å². The van der Waals surface area contributed by atoms with E-state index in [1.165, 1.54) is 0 Å². The third-order valence-corrected chi connectivity index (χ3v) is 2.05. The lowest BCUT2D eigenvalue weighted by Gasteiger charge is -2.06. The number of fused-ring (bicyclic) bond motifs is 1. The van der Waals surface area contributed by atoms with Crippen LogP contribution in [0.5, 0.6) is 5.75 Å². The Balaban J connectivity index is 2.79. The summed E-state index contributed by atoms with van der Waals surface area (Å²) in [6, 6.07) is 3.64. The van der Waals surface area contributed by atoms with Crippen LogP contribution in [-0.2, 0) is 0 Å². The van der Waals surface area contributed by atoms with E-state index >= 15 is 0 Å². The second kappa shape index (κ2) is 3.14. The molecule has 1 heterocycles. The minimum Gasteiger partial charge on any atom is -0.495 e. The van der Waals surface area contributed by atoms with Crippen molar-refractivity contribution >= 4 is 16.7 Å². The highest BCUT2D eigenvalue weighted by molar-refractivity contribution is 5.89. The van der Waals surface area contributed by atoms with Gasteiger partial charge in [-0.3, -0.25) is 4.98 Å².